The van der Waals surface area contributed by atoms with Gasteiger partial charge in [0.15, 0.2) is 5.96 Å². The Bertz CT molecular complexity index is 530. The molecule has 6 nitrogen and oxygen atoms in total. The van der Waals surface area contributed by atoms with E-state index in [4.69, 9.17) is 4.74 Å². The lowest BCUT2D eigenvalue weighted by molar-refractivity contribution is -0.188. The summed E-state index contributed by atoms with van der Waals surface area (Å²) in [5, 5.41) is 3.72. The van der Waals surface area contributed by atoms with Crippen LogP contribution in [0.4, 0.5) is 0 Å². The lowest BCUT2D eigenvalue weighted by atomic mass is 9.55. The summed E-state index contributed by atoms with van der Waals surface area (Å²) >= 11 is 0. The number of guanidine groups is 1. The summed E-state index contributed by atoms with van der Waals surface area (Å²) in [4.78, 5) is 21.0. The molecule has 0 spiro atoms. The number of nitrogens with one attached hydrogen (secondary N) is 1. The molecule has 2 saturated heterocycles. The summed E-state index contributed by atoms with van der Waals surface area (Å²) in [6.07, 6.45) is 2.76. The molecular formula is C19H35IN4O2. The zero-order chi connectivity index (χ0) is 18.2. The molecular weight excluding hydrogens is 443 g/mol. The first-order chi connectivity index (χ1) is 11.9. The van der Waals surface area contributed by atoms with Crippen LogP contribution in [0.3, 0.4) is 0 Å². The summed E-state index contributed by atoms with van der Waals surface area (Å²) in [5.74, 6) is 1.89. The van der Waals surface area contributed by atoms with Crippen molar-refractivity contribution in [2.75, 3.05) is 39.8 Å². The van der Waals surface area contributed by atoms with Crippen molar-refractivity contribution in [1.29, 1.82) is 0 Å². The highest BCUT2D eigenvalue weighted by Gasteiger charge is 2.58. The van der Waals surface area contributed by atoms with Crippen molar-refractivity contribution in [3.63, 3.8) is 0 Å². The van der Waals surface area contributed by atoms with Crippen molar-refractivity contribution in [3.05, 3.63) is 0 Å². The van der Waals surface area contributed by atoms with Crippen LogP contribution in [0.15, 0.2) is 4.99 Å². The third-order valence-electron chi connectivity index (χ3n) is 6.21. The number of hydrogen-bond acceptors (Lipinski definition) is 3. The third kappa shape index (κ3) is 3.98. The van der Waals surface area contributed by atoms with Gasteiger partial charge < -0.3 is 19.9 Å². The third-order valence-corrected chi connectivity index (χ3v) is 6.21. The number of hydrogen-bond donors (Lipinski definition) is 1. The SMILES string of the molecule is CN=C(NC1C2CCCOC2C1(C)C)N1CCN(C(=O)C(C)C)CC1.I. The van der Waals surface area contributed by atoms with Crippen LogP contribution >= 0.6 is 24.0 Å². The number of amides is 1. The van der Waals surface area contributed by atoms with E-state index in [-0.39, 0.29) is 41.2 Å². The van der Waals surface area contributed by atoms with Gasteiger partial charge in [0.1, 0.15) is 0 Å². The molecule has 0 bridgehead atoms. The molecule has 3 atom stereocenters. The minimum Gasteiger partial charge on any atom is -0.377 e. The molecule has 1 aliphatic carbocycles. The highest BCUT2D eigenvalue weighted by molar-refractivity contribution is 14.0. The molecule has 0 aromatic heterocycles. The molecule has 0 radical (unpaired) electrons. The van der Waals surface area contributed by atoms with Crippen LogP contribution in [0, 0.1) is 17.3 Å². The fourth-order valence-electron chi connectivity index (χ4n) is 4.76. The highest BCUT2D eigenvalue weighted by Crippen LogP contribution is 2.51. The van der Waals surface area contributed by atoms with E-state index in [0.717, 1.165) is 45.2 Å². The zero-order valence-electron chi connectivity index (χ0n) is 16.8. The largest absolute Gasteiger partial charge is 0.377 e. The van der Waals surface area contributed by atoms with Gasteiger partial charge in [-0.2, -0.15) is 0 Å². The maximum Gasteiger partial charge on any atom is 0.225 e. The van der Waals surface area contributed by atoms with Crippen LogP contribution in [-0.2, 0) is 9.53 Å². The summed E-state index contributed by atoms with van der Waals surface area (Å²) in [7, 11) is 1.86. The molecule has 0 aromatic carbocycles. The quantitative estimate of drug-likeness (QED) is 0.376. The Hall–Kier alpha value is -0.570. The van der Waals surface area contributed by atoms with Crippen LogP contribution in [0.2, 0.25) is 0 Å². The Balaban J connectivity index is 0.00000243. The lowest BCUT2D eigenvalue weighted by Gasteiger charge is -2.60. The summed E-state index contributed by atoms with van der Waals surface area (Å²) in [5.41, 5.74) is 0.135. The average Bonchev–Trinajstić information content (AvgIpc) is 2.62. The number of carbonyl (C=O) groups excluding carboxylic acids is 1. The van der Waals surface area contributed by atoms with Gasteiger partial charge in [0, 0.05) is 63.1 Å². The van der Waals surface area contributed by atoms with E-state index in [9.17, 15) is 4.79 Å². The van der Waals surface area contributed by atoms with Gasteiger partial charge in [-0.25, -0.2) is 0 Å². The van der Waals surface area contributed by atoms with Gasteiger partial charge in [0.2, 0.25) is 5.91 Å². The van der Waals surface area contributed by atoms with Gasteiger partial charge in [0.05, 0.1) is 6.10 Å². The fraction of sp³-hybridized carbons (Fsp3) is 0.895. The molecule has 3 aliphatic rings. The van der Waals surface area contributed by atoms with Crippen molar-refractivity contribution in [2.45, 2.75) is 52.7 Å². The second-order valence-electron chi connectivity index (χ2n) is 8.56. The number of rotatable bonds is 2. The molecule has 7 heteroatoms. The molecule has 2 heterocycles. The number of ether oxygens (including phenoxy) is 1. The first kappa shape index (κ1) is 21.7. The highest BCUT2D eigenvalue weighted by atomic mass is 127. The van der Waals surface area contributed by atoms with Gasteiger partial charge in [-0.05, 0) is 12.8 Å². The molecule has 3 fully saturated rings. The molecule has 0 aromatic rings. The van der Waals surface area contributed by atoms with E-state index in [1.54, 1.807) is 0 Å². The fourth-order valence-corrected chi connectivity index (χ4v) is 4.76. The van der Waals surface area contributed by atoms with E-state index >= 15 is 0 Å². The standard InChI is InChI=1S/C19H34N4O2.HI/c1-13(2)17(24)22-8-10-23(11-9-22)18(20-5)21-15-14-7-6-12-25-16(14)19(15,3)4;/h13-16H,6-12H2,1-5H3,(H,20,21);1H. The maximum atomic E-state index is 12.2. The van der Waals surface area contributed by atoms with Crippen molar-refractivity contribution >= 4 is 35.8 Å². The molecule has 1 saturated carbocycles. The van der Waals surface area contributed by atoms with Gasteiger partial charge >= 0.3 is 0 Å². The Morgan fingerprint density at radius 1 is 1.19 bits per heavy atom. The maximum absolute atomic E-state index is 12.2. The number of fused-ring (bicyclic) bond motifs is 1. The molecule has 1 N–H and O–H groups in total. The van der Waals surface area contributed by atoms with E-state index in [1.807, 2.05) is 25.8 Å². The Kier molecular flexibility index (Phi) is 7.21. The number of aliphatic imine (C=N–C) groups is 1. The predicted octanol–water partition coefficient (Wildman–Crippen LogP) is 2.18. The van der Waals surface area contributed by atoms with Gasteiger partial charge in [-0.3, -0.25) is 9.79 Å². The van der Waals surface area contributed by atoms with Crippen molar-refractivity contribution < 1.29 is 9.53 Å². The number of nitrogens with zero attached hydrogens (tertiary/aromatic N) is 3. The van der Waals surface area contributed by atoms with E-state index in [2.05, 4.69) is 29.1 Å². The smallest absolute Gasteiger partial charge is 0.225 e. The monoisotopic (exact) mass is 478 g/mol. The average molecular weight is 478 g/mol. The van der Waals surface area contributed by atoms with E-state index < -0.39 is 0 Å². The topological polar surface area (TPSA) is 57.2 Å². The second-order valence-corrected chi connectivity index (χ2v) is 8.56. The van der Waals surface area contributed by atoms with Gasteiger partial charge in [-0.1, -0.05) is 27.7 Å². The van der Waals surface area contributed by atoms with Gasteiger partial charge in [-0.15, -0.1) is 24.0 Å². The van der Waals surface area contributed by atoms with Crippen LogP contribution in [0.1, 0.15) is 40.5 Å². The van der Waals surface area contributed by atoms with Crippen LogP contribution in [0.25, 0.3) is 0 Å². The number of halogens is 1. The Labute approximate surface area is 175 Å². The minimum absolute atomic E-state index is 0. The Morgan fingerprint density at radius 3 is 2.38 bits per heavy atom. The normalized spacial score (nSPS) is 31.0. The first-order valence-corrected chi connectivity index (χ1v) is 9.75. The van der Waals surface area contributed by atoms with Crippen molar-refractivity contribution in [1.82, 2.24) is 15.1 Å². The lowest BCUT2D eigenvalue weighted by Crippen LogP contribution is -2.71. The summed E-state index contributed by atoms with van der Waals surface area (Å²) in [6, 6.07) is 0.409. The molecule has 1 amide bonds. The Morgan fingerprint density at radius 2 is 1.81 bits per heavy atom. The van der Waals surface area contributed by atoms with Gasteiger partial charge in [0.25, 0.3) is 0 Å². The van der Waals surface area contributed by atoms with Crippen molar-refractivity contribution in [2.24, 2.45) is 22.2 Å². The minimum atomic E-state index is 0. The van der Waals surface area contributed by atoms with Crippen LogP contribution < -0.4 is 5.32 Å². The number of piperazine rings is 1. The van der Waals surface area contributed by atoms with E-state index in [0.29, 0.717) is 18.1 Å². The molecule has 150 valence electrons. The second kappa shape index (κ2) is 8.63. The van der Waals surface area contributed by atoms with E-state index in [1.165, 1.54) is 6.42 Å². The zero-order valence-corrected chi connectivity index (χ0v) is 19.2. The van der Waals surface area contributed by atoms with Crippen molar-refractivity contribution in [3.8, 4) is 0 Å². The first-order valence-electron chi connectivity index (χ1n) is 9.75. The molecule has 2 aliphatic heterocycles. The number of carbonyl (C=O) groups is 1. The summed E-state index contributed by atoms with van der Waals surface area (Å²) in [6.45, 7) is 12.7. The molecule has 26 heavy (non-hydrogen) atoms. The van der Waals surface area contributed by atoms with Crippen LogP contribution in [-0.4, -0.2) is 73.6 Å². The molecule has 3 unspecified atom stereocenters. The predicted molar refractivity (Wildman–Crippen MR) is 115 cm³/mol. The summed E-state index contributed by atoms with van der Waals surface area (Å²) < 4.78 is 6.01. The molecule has 3 rings (SSSR count). The van der Waals surface area contributed by atoms with Crippen LogP contribution in [0.5, 0.6) is 0 Å².